The maximum absolute atomic E-state index is 12.9. The Morgan fingerprint density at radius 2 is 1.55 bits per heavy atom. The van der Waals surface area contributed by atoms with Crippen molar-refractivity contribution in [1.82, 2.24) is 4.98 Å². The molecule has 4 nitrogen and oxygen atoms in total. The summed E-state index contributed by atoms with van der Waals surface area (Å²) in [5.41, 5.74) is 4.27. The Morgan fingerprint density at radius 3 is 2.31 bits per heavy atom. The van der Waals surface area contributed by atoms with Gasteiger partial charge in [0, 0.05) is 16.5 Å². The Kier molecular flexibility index (Phi) is 4.10. The van der Waals surface area contributed by atoms with E-state index in [0.717, 1.165) is 33.5 Å². The van der Waals surface area contributed by atoms with E-state index in [1.165, 1.54) is 0 Å². The summed E-state index contributed by atoms with van der Waals surface area (Å²) in [5, 5.41) is 1.31. The maximum Gasteiger partial charge on any atom is 0.346 e. The normalized spacial score (nSPS) is 11.1. The first-order valence-electron chi connectivity index (χ1n) is 9.31. The number of nitrogens with zero attached hydrogens (tertiary/aromatic N) is 1. The SMILES string of the molecule is COc1ccc(-c2cc(-c3ccccc3)c3c(=O)oc4ccccc4c3n2)cc1. The van der Waals surface area contributed by atoms with Crippen molar-refractivity contribution in [3.05, 3.63) is 95.3 Å². The predicted octanol–water partition coefficient (Wildman–Crippen LogP) is 5.68. The van der Waals surface area contributed by atoms with Crippen LogP contribution in [-0.4, -0.2) is 12.1 Å². The molecule has 0 spiro atoms. The first kappa shape index (κ1) is 17.2. The smallest absolute Gasteiger partial charge is 0.346 e. The Morgan fingerprint density at radius 1 is 0.828 bits per heavy atom. The van der Waals surface area contributed by atoms with Crippen molar-refractivity contribution in [2.45, 2.75) is 0 Å². The largest absolute Gasteiger partial charge is 0.497 e. The first-order valence-corrected chi connectivity index (χ1v) is 9.31. The van der Waals surface area contributed by atoms with Crippen molar-refractivity contribution < 1.29 is 9.15 Å². The van der Waals surface area contributed by atoms with Gasteiger partial charge in [0.1, 0.15) is 11.3 Å². The van der Waals surface area contributed by atoms with E-state index in [0.29, 0.717) is 16.5 Å². The molecule has 0 atom stereocenters. The van der Waals surface area contributed by atoms with Crippen molar-refractivity contribution in [3.8, 4) is 28.1 Å². The minimum atomic E-state index is -0.383. The Labute approximate surface area is 167 Å². The average Bonchev–Trinajstić information content (AvgIpc) is 2.79. The number of fused-ring (bicyclic) bond motifs is 3. The summed E-state index contributed by atoms with van der Waals surface area (Å²) in [7, 11) is 1.64. The highest BCUT2D eigenvalue weighted by Crippen LogP contribution is 2.33. The van der Waals surface area contributed by atoms with Crippen LogP contribution in [0.2, 0.25) is 0 Å². The van der Waals surface area contributed by atoms with E-state index in [9.17, 15) is 4.79 Å². The first-order chi connectivity index (χ1) is 14.2. The van der Waals surface area contributed by atoms with Gasteiger partial charge in [-0.25, -0.2) is 9.78 Å². The highest BCUT2D eigenvalue weighted by atomic mass is 16.5. The molecule has 0 aliphatic heterocycles. The molecule has 0 N–H and O–H groups in total. The summed E-state index contributed by atoms with van der Waals surface area (Å²) >= 11 is 0. The summed E-state index contributed by atoms with van der Waals surface area (Å²) in [5.74, 6) is 0.781. The lowest BCUT2D eigenvalue weighted by atomic mass is 9.98. The third kappa shape index (κ3) is 2.95. The van der Waals surface area contributed by atoms with Crippen molar-refractivity contribution >= 4 is 21.9 Å². The molecule has 2 aromatic heterocycles. The highest BCUT2D eigenvalue weighted by molar-refractivity contribution is 6.08. The molecule has 4 heteroatoms. The number of hydrogen-bond donors (Lipinski definition) is 0. The quantitative estimate of drug-likeness (QED) is 0.299. The molecule has 0 unspecified atom stereocenters. The Hall–Kier alpha value is -3.92. The second-order valence-electron chi connectivity index (χ2n) is 6.76. The minimum absolute atomic E-state index is 0.383. The van der Waals surface area contributed by atoms with Gasteiger partial charge in [-0.1, -0.05) is 42.5 Å². The second kappa shape index (κ2) is 6.91. The number of methoxy groups -OCH3 is 1. The standard InChI is InChI=1S/C25H17NO3/c1-28-18-13-11-17(12-14-18)21-15-20(16-7-3-2-4-8-16)23-24(26-21)19-9-5-6-10-22(19)29-25(23)27/h2-15H,1H3. The summed E-state index contributed by atoms with van der Waals surface area (Å²) in [4.78, 5) is 17.8. The topological polar surface area (TPSA) is 52.3 Å². The zero-order chi connectivity index (χ0) is 19.8. The van der Waals surface area contributed by atoms with Crippen molar-refractivity contribution in [3.63, 3.8) is 0 Å². The molecule has 0 radical (unpaired) electrons. The lowest BCUT2D eigenvalue weighted by Crippen LogP contribution is -2.04. The van der Waals surface area contributed by atoms with E-state index in [-0.39, 0.29) is 5.63 Å². The van der Waals surface area contributed by atoms with Gasteiger partial charge in [0.05, 0.1) is 23.7 Å². The molecule has 2 heterocycles. The maximum atomic E-state index is 12.9. The van der Waals surface area contributed by atoms with Gasteiger partial charge in [-0.3, -0.25) is 0 Å². The highest BCUT2D eigenvalue weighted by Gasteiger charge is 2.16. The van der Waals surface area contributed by atoms with Crippen molar-refractivity contribution in [2.75, 3.05) is 7.11 Å². The lowest BCUT2D eigenvalue weighted by Gasteiger charge is -2.11. The van der Waals surface area contributed by atoms with Crippen LogP contribution in [0.1, 0.15) is 0 Å². The van der Waals surface area contributed by atoms with Gasteiger partial charge in [-0.05, 0) is 48.0 Å². The van der Waals surface area contributed by atoms with Crippen LogP contribution in [0.5, 0.6) is 5.75 Å². The molecule has 140 valence electrons. The van der Waals surface area contributed by atoms with E-state index in [1.807, 2.05) is 78.9 Å². The molecule has 29 heavy (non-hydrogen) atoms. The number of para-hydroxylation sites is 1. The van der Waals surface area contributed by atoms with Gasteiger partial charge in [0.25, 0.3) is 0 Å². The van der Waals surface area contributed by atoms with Crippen LogP contribution in [0.3, 0.4) is 0 Å². The Balaban J connectivity index is 1.90. The third-order valence-corrected chi connectivity index (χ3v) is 5.04. The van der Waals surface area contributed by atoms with Crippen LogP contribution in [0, 0.1) is 0 Å². The zero-order valence-electron chi connectivity index (χ0n) is 15.8. The van der Waals surface area contributed by atoms with Crippen LogP contribution in [0.15, 0.2) is 94.1 Å². The van der Waals surface area contributed by atoms with Crippen LogP contribution in [0.25, 0.3) is 44.3 Å². The molecule has 0 amide bonds. The van der Waals surface area contributed by atoms with Crippen LogP contribution in [0.4, 0.5) is 0 Å². The average molecular weight is 379 g/mol. The van der Waals surface area contributed by atoms with Gasteiger partial charge in [0.2, 0.25) is 0 Å². The number of ether oxygens (including phenoxy) is 1. The summed E-state index contributed by atoms with van der Waals surface area (Å²) < 4.78 is 10.9. The van der Waals surface area contributed by atoms with Crippen molar-refractivity contribution in [2.24, 2.45) is 0 Å². The van der Waals surface area contributed by atoms with Gasteiger partial charge in [-0.2, -0.15) is 0 Å². The number of hydrogen-bond acceptors (Lipinski definition) is 4. The van der Waals surface area contributed by atoms with Crippen LogP contribution >= 0.6 is 0 Å². The lowest BCUT2D eigenvalue weighted by molar-refractivity contribution is 0.415. The fraction of sp³-hybridized carbons (Fsp3) is 0.0400. The molecule has 5 rings (SSSR count). The van der Waals surface area contributed by atoms with Gasteiger partial charge >= 0.3 is 5.63 Å². The molecule has 0 aliphatic carbocycles. The van der Waals surface area contributed by atoms with E-state index in [2.05, 4.69) is 0 Å². The summed E-state index contributed by atoms with van der Waals surface area (Å²) in [6.45, 7) is 0. The summed E-state index contributed by atoms with van der Waals surface area (Å²) in [6, 6.07) is 27.0. The molecule has 0 fully saturated rings. The predicted molar refractivity (Wildman–Crippen MR) is 115 cm³/mol. The van der Waals surface area contributed by atoms with E-state index in [4.69, 9.17) is 14.1 Å². The summed E-state index contributed by atoms with van der Waals surface area (Å²) in [6.07, 6.45) is 0. The molecule has 0 bridgehead atoms. The molecule has 0 saturated carbocycles. The molecule has 3 aromatic carbocycles. The number of benzene rings is 3. The van der Waals surface area contributed by atoms with E-state index in [1.54, 1.807) is 13.2 Å². The molecular formula is C25H17NO3. The van der Waals surface area contributed by atoms with Crippen molar-refractivity contribution in [1.29, 1.82) is 0 Å². The number of aromatic nitrogens is 1. The van der Waals surface area contributed by atoms with Gasteiger partial charge in [-0.15, -0.1) is 0 Å². The van der Waals surface area contributed by atoms with Gasteiger partial charge < -0.3 is 9.15 Å². The second-order valence-corrected chi connectivity index (χ2v) is 6.76. The number of rotatable bonds is 3. The van der Waals surface area contributed by atoms with E-state index < -0.39 is 0 Å². The Bertz CT molecular complexity index is 1390. The fourth-order valence-corrected chi connectivity index (χ4v) is 3.60. The molecule has 5 aromatic rings. The monoisotopic (exact) mass is 379 g/mol. The number of pyridine rings is 1. The van der Waals surface area contributed by atoms with Gasteiger partial charge in [0.15, 0.2) is 0 Å². The third-order valence-electron chi connectivity index (χ3n) is 5.04. The molecular weight excluding hydrogens is 362 g/mol. The van der Waals surface area contributed by atoms with Crippen LogP contribution < -0.4 is 10.4 Å². The molecule has 0 aliphatic rings. The van der Waals surface area contributed by atoms with E-state index >= 15 is 0 Å². The minimum Gasteiger partial charge on any atom is -0.497 e. The molecule has 0 saturated heterocycles. The zero-order valence-corrected chi connectivity index (χ0v) is 15.8. The van der Waals surface area contributed by atoms with Crippen LogP contribution in [-0.2, 0) is 0 Å². The fourth-order valence-electron chi connectivity index (χ4n) is 3.60.